The van der Waals surface area contributed by atoms with Gasteiger partial charge in [0.2, 0.25) is 0 Å². The molecule has 0 atom stereocenters. The summed E-state index contributed by atoms with van der Waals surface area (Å²) in [5.41, 5.74) is 5.58. The second-order valence-electron chi connectivity index (χ2n) is 2.89. The molecule has 0 unspecified atom stereocenters. The van der Waals surface area contributed by atoms with Crippen LogP contribution in [0, 0.1) is 0 Å². The molecule has 0 aliphatic heterocycles. The van der Waals surface area contributed by atoms with Gasteiger partial charge in [0.25, 0.3) is 10.0 Å². The number of hydrogen-bond donors (Lipinski definition) is 2. The minimum Gasteiger partial charge on any atom is -0.396 e. The Morgan fingerprint density at radius 3 is 2.81 bits per heavy atom. The molecule has 7 nitrogen and oxygen atoms in total. The maximum absolute atomic E-state index is 11.8. The summed E-state index contributed by atoms with van der Waals surface area (Å²) in [5.74, 6) is 0.0741. The van der Waals surface area contributed by atoms with Crippen LogP contribution in [0.25, 0.3) is 0 Å². The van der Waals surface area contributed by atoms with Crippen molar-refractivity contribution in [3.63, 3.8) is 0 Å². The largest absolute Gasteiger partial charge is 0.396 e. The molecule has 0 fully saturated rings. The summed E-state index contributed by atoms with van der Waals surface area (Å²) in [5, 5.41) is 3.18. The second-order valence-corrected chi connectivity index (χ2v) is 4.49. The fraction of sp³-hybridized carbons (Fsp3) is 0. The first kappa shape index (κ1) is 10.4. The van der Waals surface area contributed by atoms with Crippen LogP contribution in [0.2, 0.25) is 0 Å². The van der Waals surface area contributed by atoms with E-state index >= 15 is 0 Å². The van der Waals surface area contributed by atoms with E-state index in [1.165, 1.54) is 24.6 Å². The minimum absolute atomic E-state index is 0.0681. The molecule has 16 heavy (non-hydrogen) atoms. The monoisotopic (exact) mass is 240 g/mol. The van der Waals surface area contributed by atoms with Crippen molar-refractivity contribution in [3.8, 4) is 0 Å². The maximum Gasteiger partial charge on any atom is 0.282 e. The van der Waals surface area contributed by atoms with E-state index in [2.05, 4.69) is 19.4 Å². The maximum atomic E-state index is 11.8. The van der Waals surface area contributed by atoms with Crippen molar-refractivity contribution in [2.45, 2.75) is 5.03 Å². The predicted molar refractivity (Wildman–Crippen MR) is 56.0 cm³/mol. The van der Waals surface area contributed by atoms with Crippen molar-refractivity contribution >= 4 is 21.5 Å². The van der Waals surface area contributed by atoms with Crippen LogP contribution in [0.4, 0.5) is 11.5 Å². The molecule has 0 saturated heterocycles. The summed E-state index contributed by atoms with van der Waals surface area (Å²) in [6.45, 7) is 0. The van der Waals surface area contributed by atoms with Crippen LogP contribution in [0.3, 0.4) is 0 Å². The van der Waals surface area contributed by atoms with E-state index in [9.17, 15) is 8.42 Å². The first-order chi connectivity index (χ1) is 7.59. The van der Waals surface area contributed by atoms with Crippen LogP contribution >= 0.6 is 0 Å². The average Bonchev–Trinajstić information content (AvgIpc) is 2.70. The van der Waals surface area contributed by atoms with Gasteiger partial charge in [-0.1, -0.05) is 5.16 Å². The normalized spacial score (nSPS) is 11.2. The Labute approximate surface area is 91.3 Å². The zero-order chi connectivity index (χ0) is 11.6. The molecule has 84 valence electrons. The van der Waals surface area contributed by atoms with Crippen LogP contribution < -0.4 is 10.5 Å². The van der Waals surface area contributed by atoms with Gasteiger partial charge in [-0.2, -0.15) is 8.42 Å². The number of aromatic nitrogens is 2. The van der Waals surface area contributed by atoms with Crippen molar-refractivity contribution in [1.29, 1.82) is 0 Å². The number of pyridine rings is 1. The average molecular weight is 240 g/mol. The fourth-order valence-corrected chi connectivity index (χ4v) is 2.13. The smallest absolute Gasteiger partial charge is 0.282 e. The van der Waals surface area contributed by atoms with Gasteiger partial charge in [-0.15, -0.1) is 0 Å². The highest BCUT2D eigenvalue weighted by atomic mass is 32.2. The Kier molecular flexibility index (Phi) is 2.49. The number of hydrogen-bond acceptors (Lipinski definition) is 6. The Balaban J connectivity index is 2.37. The molecule has 2 rings (SSSR count). The lowest BCUT2D eigenvalue weighted by Gasteiger charge is -2.05. The first-order valence-electron chi connectivity index (χ1n) is 4.23. The van der Waals surface area contributed by atoms with Gasteiger partial charge in [-0.25, -0.2) is 4.98 Å². The molecule has 0 aliphatic rings. The Hall–Kier alpha value is -2.09. The highest BCUT2D eigenvalue weighted by Crippen LogP contribution is 2.17. The lowest BCUT2D eigenvalue weighted by Crippen LogP contribution is -2.16. The minimum atomic E-state index is -3.82. The third-order valence-electron chi connectivity index (χ3n) is 1.73. The Morgan fingerprint density at radius 2 is 2.19 bits per heavy atom. The van der Waals surface area contributed by atoms with Crippen molar-refractivity contribution < 1.29 is 12.9 Å². The molecular weight excluding hydrogens is 232 g/mol. The summed E-state index contributed by atoms with van der Waals surface area (Å²) < 4.78 is 30.2. The zero-order valence-corrected chi connectivity index (χ0v) is 8.81. The summed E-state index contributed by atoms with van der Waals surface area (Å²) in [7, 11) is -3.82. The number of sulfonamides is 1. The number of nitrogens with two attached hydrogens (primary N) is 1. The van der Waals surface area contributed by atoms with Crippen LogP contribution in [0.1, 0.15) is 0 Å². The lowest BCUT2D eigenvalue weighted by atomic mass is 10.4. The van der Waals surface area contributed by atoms with E-state index in [1.807, 2.05) is 0 Å². The summed E-state index contributed by atoms with van der Waals surface area (Å²) >= 11 is 0. The van der Waals surface area contributed by atoms with Gasteiger partial charge < -0.3 is 10.3 Å². The molecule has 3 N–H and O–H groups in total. The second kappa shape index (κ2) is 3.81. The lowest BCUT2D eigenvalue weighted by molar-refractivity contribution is 0.423. The van der Waals surface area contributed by atoms with Crippen LogP contribution in [-0.4, -0.2) is 18.6 Å². The molecule has 0 aromatic carbocycles. The van der Waals surface area contributed by atoms with Crippen LogP contribution in [0.5, 0.6) is 0 Å². The van der Waals surface area contributed by atoms with E-state index in [1.54, 1.807) is 6.07 Å². The number of rotatable bonds is 3. The molecule has 2 aromatic rings. The molecule has 0 spiro atoms. The van der Waals surface area contributed by atoms with Gasteiger partial charge in [-0.05, 0) is 12.1 Å². The molecule has 0 radical (unpaired) electrons. The van der Waals surface area contributed by atoms with Gasteiger partial charge in [0, 0.05) is 12.3 Å². The van der Waals surface area contributed by atoms with E-state index < -0.39 is 10.0 Å². The van der Waals surface area contributed by atoms with Crippen molar-refractivity contribution in [2.24, 2.45) is 0 Å². The Morgan fingerprint density at radius 1 is 1.38 bits per heavy atom. The van der Waals surface area contributed by atoms with Gasteiger partial charge in [-0.3, -0.25) is 4.72 Å². The molecule has 0 saturated carbocycles. The highest BCUT2D eigenvalue weighted by Gasteiger charge is 2.19. The van der Waals surface area contributed by atoms with E-state index in [4.69, 9.17) is 5.73 Å². The highest BCUT2D eigenvalue weighted by molar-refractivity contribution is 7.92. The molecule has 0 aliphatic carbocycles. The predicted octanol–water partition coefficient (Wildman–Crippen LogP) is 0.453. The fourth-order valence-electron chi connectivity index (χ4n) is 1.08. The summed E-state index contributed by atoms with van der Waals surface area (Å²) in [4.78, 5) is 3.70. The number of anilines is 2. The number of nitrogens with zero attached hydrogens (tertiary/aromatic N) is 2. The quantitative estimate of drug-likeness (QED) is 0.805. The van der Waals surface area contributed by atoms with Gasteiger partial charge in [0.15, 0.2) is 10.8 Å². The molecule has 2 aromatic heterocycles. The Bertz CT molecular complexity index is 579. The van der Waals surface area contributed by atoms with Crippen molar-refractivity contribution in [1.82, 2.24) is 10.1 Å². The molecule has 0 bridgehead atoms. The topological polar surface area (TPSA) is 111 Å². The third kappa shape index (κ3) is 1.96. The first-order valence-corrected chi connectivity index (χ1v) is 5.71. The molecular formula is C8H8N4O3S. The zero-order valence-electron chi connectivity index (χ0n) is 7.99. The van der Waals surface area contributed by atoms with Crippen molar-refractivity contribution in [2.75, 3.05) is 10.5 Å². The standard InChI is InChI=1S/C8H8N4O3S/c9-6-2-1-4-10-8(6)16(13,14)12-7-3-5-15-11-7/h1-5H,9H2,(H,11,12). The third-order valence-corrected chi connectivity index (χ3v) is 3.06. The molecule has 2 heterocycles. The molecule has 0 amide bonds. The van der Waals surface area contributed by atoms with Crippen LogP contribution in [-0.2, 0) is 10.0 Å². The van der Waals surface area contributed by atoms with Crippen molar-refractivity contribution in [3.05, 3.63) is 30.7 Å². The van der Waals surface area contributed by atoms with E-state index in [-0.39, 0.29) is 16.5 Å². The number of nitrogen functional groups attached to an aromatic ring is 1. The van der Waals surface area contributed by atoms with Crippen LogP contribution in [0.15, 0.2) is 40.2 Å². The van der Waals surface area contributed by atoms with Gasteiger partial charge in [0.1, 0.15) is 6.26 Å². The van der Waals surface area contributed by atoms with E-state index in [0.29, 0.717) is 0 Å². The molecule has 8 heteroatoms. The van der Waals surface area contributed by atoms with E-state index in [0.717, 1.165) is 0 Å². The van der Waals surface area contributed by atoms with Gasteiger partial charge in [0.05, 0.1) is 5.69 Å². The SMILES string of the molecule is Nc1cccnc1S(=O)(=O)Nc1ccon1. The number of nitrogens with one attached hydrogen (secondary N) is 1. The summed E-state index contributed by atoms with van der Waals surface area (Å²) in [6, 6.07) is 4.37. The summed E-state index contributed by atoms with van der Waals surface area (Å²) in [6.07, 6.45) is 2.59. The van der Waals surface area contributed by atoms with Gasteiger partial charge >= 0.3 is 0 Å².